The number of rotatable bonds is 6. The van der Waals surface area contributed by atoms with Crippen LogP contribution < -0.4 is 5.32 Å². The summed E-state index contributed by atoms with van der Waals surface area (Å²) in [6.45, 7) is 0. The number of aromatic carboxylic acids is 1. The molecule has 2 N–H and O–H groups in total. The predicted molar refractivity (Wildman–Crippen MR) is 67.1 cm³/mol. The average Bonchev–Trinajstić information content (AvgIpc) is 2.35. The first-order chi connectivity index (χ1) is 8.63. The minimum Gasteiger partial charge on any atom is -0.478 e. The highest BCUT2D eigenvalue weighted by Gasteiger charge is 2.05. The van der Waals surface area contributed by atoms with Gasteiger partial charge in [0.2, 0.25) is 5.91 Å². The summed E-state index contributed by atoms with van der Waals surface area (Å²) in [6.07, 6.45) is 8.89. The van der Waals surface area contributed by atoms with E-state index < -0.39 is 5.97 Å². The summed E-state index contributed by atoms with van der Waals surface area (Å²) < 4.78 is 0. The summed E-state index contributed by atoms with van der Waals surface area (Å²) in [5.74, 6) is 1.66. The summed E-state index contributed by atoms with van der Waals surface area (Å²) >= 11 is 0. The van der Waals surface area contributed by atoms with Crippen LogP contribution in [0.3, 0.4) is 0 Å². The third-order valence-electron chi connectivity index (χ3n) is 2.25. The molecule has 0 aliphatic rings. The van der Waals surface area contributed by atoms with Crippen molar-refractivity contribution in [3.8, 4) is 12.3 Å². The molecule has 18 heavy (non-hydrogen) atoms. The van der Waals surface area contributed by atoms with Crippen LogP contribution in [0.25, 0.3) is 0 Å². The molecule has 1 amide bonds. The lowest BCUT2D eigenvalue weighted by Gasteiger charge is -2.03. The Morgan fingerprint density at radius 2 is 2.17 bits per heavy atom. The number of unbranched alkanes of at least 4 members (excludes halogenated alkanes) is 2. The second-order valence-corrected chi connectivity index (χ2v) is 3.70. The van der Waals surface area contributed by atoms with E-state index in [0.717, 1.165) is 12.8 Å². The van der Waals surface area contributed by atoms with Gasteiger partial charge in [-0.1, -0.05) is 0 Å². The van der Waals surface area contributed by atoms with E-state index in [1.165, 1.54) is 18.3 Å². The monoisotopic (exact) mass is 246 g/mol. The van der Waals surface area contributed by atoms with Crippen LogP contribution in [0.1, 0.15) is 36.0 Å². The zero-order valence-electron chi connectivity index (χ0n) is 9.85. The number of hydrogen-bond acceptors (Lipinski definition) is 3. The molecule has 0 saturated heterocycles. The van der Waals surface area contributed by atoms with Gasteiger partial charge in [-0.2, -0.15) is 0 Å². The van der Waals surface area contributed by atoms with Gasteiger partial charge in [0.05, 0.1) is 5.56 Å². The second kappa shape index (κ2) is 7.07. The zero-order valence-corrected chi connectivity index (χ0v) is 9.85. The van der Waals surface area contributed by atoms with Crippen LogP contribution in [-0.2, 0) is 4.79 Å². The average molecular weight is 246 g/mol. The van der Waals surface area contributed by atoms with E-state index in [0.29, 0.717) is 18.7 Å². The lowest BCUT2D eigenvalue weighted by molar-refractivity contribution is -0.116. The van der Waals surface area contributed by atoms with Gasteiger partial charge in [0, 0.05) is 19.0 Å². The molecule has 1 rings (SSSR count). The van der Waals surface area contributed by atoms with Crippen molar-refractivity contribution in [2.24, 2.45) is 0 Å². The smallest absolute Gasteiger partial charge is 0.337 e. The van der Waals surface area contributed by atoms with Crippen LogP contribution in [0.4, 0.5) is 5.82 Å². The predicted octanol–water partition coefficient (Wildman–Crippen LogP) is 1.91. The van der Waals surface area contributed by atoms with Crippen molar-refractivity contribution < 1.29 is 14.7 Å². The third-order valence-corrected chi connectivity index (χ3v) is 2.25. The highest BCUT2D eigenvalue weighted by atomic mass is 16.4. The fourth-order valence-corrected chi connectivity index (χ4v) is 1.31. The van der Waals surface area contributed by atoms with Crippen LogP contribution in [0, 0.1) is 12.3 Å². The molecule has 5 nitrogen and oxygen atoms in total. The summed E-state index contributed by atoms with van der Waals surface area (Å²) in [6, 6.07) is 2.85. The number of aromatic nitrogens is 1. The van der Waals surface area contributed by atoms with Gasteiger partial charge in [0.25, 0.3) is 0 Å². The largest absolute Gasteiger partial charge is 0.478 e. The molecular weight excluding hydrogens is 232 g/mol. The van der Waals surface area contributed by atoms with Crippen LogP contribution in [0.15, 0.2) is 18.3 Å². The highest BCUT2D eigenvalue weighted by molar-refractivity contribution is 5.91. The highest BCUT2D eigenvalue weighted by Crippen LogP contribution is 2.07. The number of carbonyl (C=O) groups excluding carboxylic acids is 1. The minimum absolute atomic E-state index is 0.0852. The zero-order chi connectivity index (χ0) is 13.4. The molecule has 1 heterocycles. The molecule has 0 aliphatic heterocycles. The van der Waals surface area contributed by atoms with Crippen LogP contribution in [0.5, 0.6) is 0 Å². The number of carboxylic acid groups (broad SMARTS) is 1. The number of carbonyl (C=O) groups is 2. The number of amides is 1. The Hall–Kier alpha value is -2.35. The van der Waals surface area contributed by atoms with Gasteiger partial charge in [-0.25, -0.2) is 9.78 Å². The first-order valence-corrected chi connectivity index (χ1v) is 5.56. The molecule has 0 bridgehead atoms. The van der Waals surface area contributed by atoms with Crippen molar-refractivity contribution in [1.29, 1.82) is 0 Å². The van der Waals surface area contributed by atoms with E-state index >= 15 is 0 Å². The Balaban J connectivity index is 2.40. The number of terminal acetylenes is 1. The number of carboxylic acids is 1. The maximum atomic E-state index is 11.5. The Morgan fingerprint density at radius 3 is 2.72 bits per heavy atom. The summed E-state index contributed by atoms with van der Waals surface area (Å²) in [4.78, 5) is 25.9. The Kier molecular flexibility index (Phi) is 5.39. The van der Waals surface area contributed by atoms with Gasteiger partial charge in [-0.3, -0.25) is 4.79 Å². The Bertz CT molecular complexity index is 460. The number of anilines is 1. The van der Waals surface area contributed by atoms with Crippen molar-refractivity contribution in [2.75, 3.05) is 5.32 Å². The normalized spacial score (nSPS) is 9.50. The molecule has 94 valence electrons. The SMILES string of the molecule is C#CCCCCC(=O)Nc1ccc(C(=O)O)cn1. The summed E-state index contributed by atoms with van der Waals surface area (Å²) in [5, 5.41) is 11.3. The molecule has 0 atom stereocenters. The van der Waals surface area contributed by atoms with Gasteiger partial charge in [-0.15, -0.1) is 12.3 Å². The van der Waals surface area contributed by atoms with E-state index in [9.17, 15) is 9.59 Å². The summed E-state index contributed by atoms with van der Waals surface area (Å²) in [5.41, 5.74) is 0.0852. The van der Waals surface area contributed by atoms with Crippen molar-refractivity contribution >= 4 is 17.7 Å². The number of nitrogens with zero attached hydrogens (tertiary/aromatic N) is 1. The molecule has 0 unspecified atom stereocenters. The molecule has 0 fully saturated rings. The minimum atomic E-state index is -1.05. The summed E-state index contributed by atoms with van der Waals surface area (Å²) in [7, 11) is 0. The molecule has 5 heteroatoms. The van der Waals surface area contributed by atoms with E-state index in [1.54, 1.807) is 0 Å². The second-order valence-electron chi connectivity index (χ2n) is 3.70. The third kappa shape index (κ3) is 4.66. The molecule has 0 spiro atoms. The van der Waals surface area contributed by atoms with Crippen molar-refractivity contribution in [3.63, 3.8) is 0 Å². The van der Waals surface area contributed by atoms with E-state index in [-0.39, 0.29) is 11.5 Å². The van der Waals surface area contributed by atoms with Crippen molar-refractivity contribution in [3.05, 3.63) is 23.9 Å². The Morgan fingerprint density at radius 1 is 1.39 bits per heavy atom. The lowest BCUT2D eigenvalue weighted by atomic mass is 10.2. The maximum absolute atomic E-state index is 11.5. The standard InChI is InChI=1S/C13H14N2O3/c1-2-3-4-5-6-12(16)15-11-8-7-10(9-14-11)13(17)18/h1,7-9H,3-6H2,(H,17,18)(H,14,15,16). The molecule has 0 radical (unpaired) electrons. The fraction of sp³-hybridized carbons (Fsp3) is 0.308. The number of nitrogens with one attached hydrogen (secondary N) is 1. The quantitative estimate of drug-likeness (QED) is 0.593. The van der Waals surface area contributed by atoms with Crippen molar-refractivity contribution in [1.82, 2.24) is 4.98 Å². The molecular formula is C13H14N2O3. The fourth-order valence-electron chi connectivity index (χ4n) is 1.31. The van der Waals surface area contributed by atoms with E-state index in [1.807, 2.05) is 0 Å². The van der Waals surface area contributed by atoms with Crippen LogP contribution in [0.2, 0.25) is 0 Å². The van der Waals surface area contributed by atoms with Gasteiger partial charge in [-0.05, 0) is 25.0 Å². The lowest BCUT2D eigenvalue weighted by Crippen LogP contribution is -2.12. The first kappa shape index (κ1) is 13.7. The number of pyridine rings is 1. The molecule has 0 aromatic carbocycles. The molecule has 0 aliphatic carbocycles. The van der Waals surface area contributed by atoms with Crippen LogP contribution >= 0.6 is 0 Å². The molecule has 1 aromatic rings. The molecule has 0 saturated carbocycles. The van der Waals surface area contributed by atoms with Gasteiger partial charge in [0.15, 0.2) is 0 Å². The van der Waals surface area contributed by atoms with Crippen LogP contribution in [-0.4, -0.2) is 22.0 Å². The van der Waals surface area contributed by atoms with Gasteiger partial charge >= 0.3 is 5.97 Å². The first-order valence-electron chi connectivity index (χ1n) is 5.56. The molecule has 1 aromatic heterocycles. The van der Waals surface area contributed by atoms with E-state index in [2.05, 4.69) is 16.2 Å². The van der Waals surface area contributed by atoms with E-state index in [4.69, 9.17) is 11.5 Å². The van der Waals surface area contributed by atoms with Gasteiger partial charge in [0.1, 0.15) is 5.82 Å². The van der Waals surface area contributed by atoms with Crippen molar-refractivity contribution in [2.45, 2.75) is 25.7 Å². The number of hydrogen-bond donors (Lipinski definition) is 2. The Labute approximate surface area is 105 Å². The topological polar surface area (TPSA) is 79.3 Å². The maximum Gasteiger partial charge on any atom is 0.337 e. The van der Waals surface area contributed by atoms with Gasteiger partial charge < -0.3 is 10.4 Å².